The van der Waals surface area contributed by atoms with Crippen molar-refractivity contribution >= 4 is 21.8 Å². The molecule has 2 saturated heterocycles. The third kappa shape index (κ3) is 2.55. The van der Waals surface area contributed by atoms with Gasteiger partial charge in [0.1, 0.15) is 6.04 Å². The van der Waals surface area contributed by atoms with E-state index < -0.39 is 27.2 Å². The maximum Gasteiger partial charge on any atom is 0.247 e. The minimum atomic E-state index is -3.50. The Labute approximate surface area is 106 Å². The summed E-state index contributed by atoms with van der Waals surface area (Å²) in [6, 6.07) is -0.807. The number of hydrogen-bond donors (Lipinski definition) is 2. The van der Waals surface area contributed by atoms with Gasteiger partial charge in [0.05, 0.1) is 5.25 Å². The van der Waals surface area contributed by atoms with E-state index in [2.05, 4.69) is 10.0 Å². The summed E-state index contributed by atoms with van der Waals surface area (Å²) in [5.41, 5.74) is 0. The van der Waals surface area contributed by atoms with Gasteiger partial charge in [0.25, 0.3) is 0 Å². The predicted molar refractivity (Wildman–Crippen MR) is 64.1 cm³/mol. The summed E-state index contributed by atoms with van der Waals surface area (Å²) >= 11 is 0. The van der Waals surface area contributed by atoms with Crippen LogP contribution in [-0.4, -0.2) is 56.6 Å². The van der Waals surface area contributed by atoms with E-state index in [-0.39, 0.29) is 18.7 Å². The van der Waals surface area contributed by atoms with Crippen LogP contribution < -0.4 is 10.0 Å². The van der Waals surface area contributed by atoms with Crippen LogP contribution in [0.1, 0.15) is 19.3 Å². The van der Waals surface area contributed by atoms with Crippen molar-refractivity contribution in [2.75, 3.05) is 20.1 Å². The van der Waals surface area contributed by atoms with Gasteiger partial charge in [0, 0.05) is 20.0 Å². The zero-order valence-corrected chi connectivity index (χ0v) is 11.0. The number of piperidine rings is 1. The maximum atomic E-state index is 12.0. The summed E-state index contributed by atoms with van der Waals surface area (Å²) in [5, 5.41) is 2.48. The third-order valence-electron chi connectivity index (χ3n) is 3.41. The van der Waals surface area contributed by atoms with Gasteiger partial charge in [-0.2, -0.15) is 0 Å². The number of nitrogens with zero attached hydrogens (tertiary/aromatic N) is 1. The van der Waals surface area contributed by atoms with Crippen molar-refractivity contribution < 1.29 is 18.0 Å². The van der Waals surface area contributed by atoms with Crippen LogP contribution in [0.4, 0.5) is 0 Å². The van der Waals surface area contributed by atoms with E-state index in [0.717, 1.165) is 4.90 Å². The predicted octanol–water partition coefficient (Wildman–Crippen LogP) is -1.58. The summed E-state index contributed by atoms with van der Waals surface area (Å²) in [6.45, 7) is 1.08. The molecular weight excluding hydrogens is 258 g/mol. The number of amides is 2. The first-order valence-electron chi connectivity index (χ1n) is 5.94. The Morgan fingerprint density at radius 1 is 1.33 bits per heavy atom. The lowest BCUT2D eigenvalue weighted by atomic mass is 10.1. The number of imide groups is 1. The summed E-state index contributed by atoms with van der Waals surface area (Å²) in [7, 11) is -2.13. The monoisotopic (exact) mass is 275 g/mol. The molecule has 2 atom stereocenters. The van der Waals surface area contributed by atoms with Gasteiger partial charge in [-0.15, -0.1) is 0 Å². The normalized spacial score (nSPS) is 29.9. The molecule has 0 aliphatic carbocycles. The average Bonchev–Trinajstić information content (AvgIpc) is 2.84. The Hall–Kier alpha value is -0.990. The lowest BCUT2D eigenvalue weighted by Gasteiger charge is -2.28. The highest BCUT2D eigenvalue weighted by molar-refractivity contribution is 7.90. The molecule has 0 aromatic carbocycles. The Morgan fingerprint density at radius 2 is 2.06 bits per heavy atom. The highest BCUT2D eigenvalue weighted by Gasteiger charge is 2.37. The SMILES string of the molecule is CN1C(=O)CCC(NS(=O)(=O)C2CCNC2)C1=O. The fourth-order valence-electron chi connectivity index (χ4n) is 2.21. The molecule has 2 rings (SSSR count). The molecule has 0 saturated carbocycles. The number of sulfonamides is 1. The van der Waals surface area contributed by atoms with Gasteiger partial charge in [-0.1, -0.05) is 0 Å². The largest absolute Gasteiger partial charge is 0.315 e. The number of carbonyl (C=O) groups excluding carboxylic acids is 2. The fourth-order valence-corrected chi connectivity index (χ4v) is 3.79. The molecule has 2 N–H and O–H groups in total. The van der Waals surface area contributed by atoms with Gasteiger partial charge in [0.15, 0.2) is 0 Å². The van der Waals surface area contributed by atoms with Crippen LogP contribution in [0.3, 0.4) is 0 Å². The Morgan fingerprint density at radius 3 is 2.67 bits per heavy atom. The minimum Gasteiger partial charge on any atom is -0.315 e. The number of carbonyl (C=O) groups is 2. The molecule has 7 nitrogen and oxygen atoms in total. The maximum absolute atomic E-state index is 12.0. The summed E-state index contributed by atoms with van der Waals surface area (Å²) in [4.78, 5) is 24.1. The molecule has 2 aliphatic heterocycles. The van der Waals surface area contributed by atoms with E-state index in [1.165, 1.54) is 7.05 Å². The van der Waals surface area contributed by atoms with E-state index in [1.807, 2.05) is 0 Å². The standard InChI is InChI=1S/C10H17N3O4S/c1-13-9(14)3-2-8(10(13)15)12-18(16,17)7-4-5-11-6-7/h7-8,11-12H,2-6H2,1H3. The second-order valence-electron chi connectivity index (χ2n) is 4.66. The van der Waals surface area contributed by atoms with Gasteiger partial charge in [-0.3, -0.25) is 14.5 Å². The Balaban J connectivity index is 2.05. The van der Waals surface area contributed by atoms with Gasteiger partial charge < -0.3 is 5.32 Å². The summed E-state index contributed by atoms with van der Waals surface area (Å²) in [6.07, 6.45) is 0.977. The topological polar surface area (TPSA) is 95.6 Å². The second kappa shape index (κ2) is 4.94. The smallest absolute Gasteiger partial charge is 0.247 e. The zero-order valence-electron chi connectivity index (χ0n) is 10.2. The molecule has 2 heterocycles. The van der Waals surface area contributed by atoms with Gasteiger partial charge >= 0.3 is 0 Å². The fraction of sp³-hybridized carbons (Fsp3) is 0.800. The zero-order chi connectivity index (χ0) is 13.3. The number of rotatable bonds is 3. The number of hydrogen-bond acceptors (Lipinski definition) is 5. The Kier molecular flexibility index (Phi) is 3.69. The molecule has 102 valence electrons. The van der Waals surface area contributed by atoms with E-state index in [9.17, 15) is 18.0 Å². The molecule has 0 bridgehead atoms. The second-order valence-corrected chi connectivity index (χ2v) is 6.65. The van der Waals surface area contributed by atoms with E-state index in [0.29, 0.717) is 19.5 Å². The van der Waals surface area contributed by atoms with E-state index in [1.54, 1.807) is 0 Å². The molecule has 2 unspecified atom stereocenters. The van der Waals surface area contributed by atoms with Crippen molar-refractivity contribution in [3.05, 3.63) is 0 Å². The van der Waals surface area contributed by atoms with Crippen LogP contribution in [0.15, 0.2) is 0 Å². The van der Waals surface area contributed by atoms with Crippen molar-refractivity contribution in [1.29, 1.82) is 0 Å². The van der Waals surface area contributed by atoms with E-state index in [4.69, 9.17) is 0 Å². The van der Waals surface area contributed by atoms with E-state index >= 15 is 0 Å². The van der Waals surface area contributed by atoms with Gasteiger partial charge in [0.2, 0.25) is 21.8 Å². The van der Waals surface area contributed by atoms with Crippen molar-refractivity contribution in [2.45, 2.75) is 30.6 Å². The first kappa shape index (κ1) is 13.4. The lowest BCUT2D eigenvalue weighted by molar-refractivity contribution is -0.147. The van der Waals surface area contributed by atoms with Crippen LogP contribution in [0.5, 0.6) is 0 Å². The molecule has 0 spiro atoms. The van der Waals surface area contributed by atoms with Crippen LogP contribution in [0.2, 0.25) is 0 Å². The molecule has 2 aliphatic rings. The van der Waals surface area contributed by atoms with Crippen LogP contribution >= 0.6 is 0 Å². The highest BCUT2D eigenvalue weighted by atomic mass is 32.2. The average molecular weight is 275 g/mol. The van der Waals surface area contributed by atoms with Gasteiger partial charge in [-0.05, 0) is 19.4 Å². The van der Waals surface area contributed by atoms with Crippen LogP contribution in [0.25, 0.3) is 0 Å². The molecular formula is C10H17N3O4S. The molecule has 0 aromatic heterocycles. The van der Waals surface area contributed by atoms with Crippen molar-refractivity contribution in [2.24, 2.45) is 0 Å². The molecule has 0 radical (unpaired) electrons. The Bertz CT molecular complexity index is 456. The highest BCUT2D eigenvalue weighted by Crippen LogP contribution is 2.15. The van der Waals surface area contributed by atoms with Crippen LogP contribution in [0, 0.1) is 0 Å². The quantitative estimate of drug-likeness (QED) is 0.606. The third-order valence-corrected chi connectivity index (χ3v) is 5.30. The number of likely N-dealkylation sites (N-methyl/N-ethyl adjacent to an activating group) is 1. The summed E-state index contributed by atoms with van der Waals surface area (Å²) < 4.78 is 26.5. The lowest BCUT2D eigenvalue weighted by Crippen LogP contribution is -2.54. The van der Waals surface area contributed by atoms with Gasteiger partial charge in [-0.25, -0.2) is 13.1 Å². The molecule has 8 heteroatoms. The molecule has 0 aromatic rings. The molecule has 2 amide bonds. The number of likely N-dealkylation sites (tertiary alicyclic amines) is 1. The van der Waals surface area contributed by atoms with Crippen LogP contribution in [-0.2, 0) is 19.6 Å². The molecule has 2 fully saturated rings. The first-order chi connectivity index (χ1) is 8.42. The molecule has 18 heavy (non-hydrogen) atoms. The number of nitrogens with one attached hydrogen (secondary N) is 2. The summed E-state index contributed by atoms with van der Waals surface area (Å²) in [5.74, 6) is -0.737. The van der Waals surface area contributed by atoms with Crippen molar-refractivity contribution in [1.82, 2.24) is 14.9 Å². The van der Waals surface area contributed by atoms with Crippen molar-refractivity contribution in [3.63, 3.8) is 0 Å². The van der Waals surface area contributed by atoms with Crippen molar-refractivity contribution in [3.8, 4) is 0 Å². The minimum absolute atomic E-state index is 0.193. The first-order valence-corrected chi connectivity index (χ1v) is 7.48.